The number of nitrogens with one attached hydrogen (secondary N) is 1. The van der Waals surface area contributed by atoms with E-state index in [4.69, 9.17) is 5.73 Å². The van der Waals surface area contributed by atoms with E-state index in [1.807, 2.05) is 6.26 Å². The van der Waals surface area contributed by atoms with Crippen molar-refractivity contribution in [1.82, 2.24) is 5.32 Å². The van der Waals surface area contributed by atoms with Crippen molar-refractivity contribution in [3.05, 3.63) is 0 Å². The van der Waals surface area contributed by atoms with E-state index in [2.05, 4.69) is 19.2 Å². The molecule has 0 aromatic carbocycles. The van der Waals surface area contributed by atoms with Gasteiger partial charge < -0.3 is 16.2 Å². The maximum Gasteiger partial charge on any atom is 0.220 e. The number of amides is 1. The van der Waals surface area contributed by atoms with Crippen molar-refractivity contribution in [1.29, 1.82) is 0 Å². The Labute approximate surface area is 115 Å². The molecule has 0 aliphatic rings. The number of carbonyl (C=O) groups is 1. The number of nitrogens with two attached hydrogens (primary N) is 1. The molecule has 0 heterocycles. The highest BCUT2D eigenvalue weighted by Crippen LogP contribution is 2.14. The molecule has 2 unspecified atom stereocenters. The summed E-state index contributed by atoms with van der Waals surface area (Å²) in [5.41, 5.74) is 4.82. The monoisotopic (exact) mass is 276 g/mol. The minimum absolute atomic E-state index is 0.0209. The van der Waals surface area contributed by atoms with Gasteiger partial charge in [-0.3, -0.25) is 4.79 Å². The SMILES string of the molecule is CSCC(C)(O)CNC(=O)CC(CN)CC(C)C. The lowest BCUT2D eigenvalue weighted by molar-refractivity contribution is -0.123. The molecule has 108 valence electrons. The van der Waals surface area contributed by atoms with E-state index in [1.54, 1.807) is 18.7 Å². The molecule has 0 radical (unpaired) electrons. The summed E-state index contributed by atoms with van der Waals surface area (Å²) in [6, 6.07) is 0. The molecule has 18 heavy (non-hydrogen) atoms. The fraction of sp³-hybridized carbons (Fsp3) is 0.923. The van der Waals surface area contributed by atoms with Crippen LogP contribution in [0, 0.1) is 11.8 Å². The van der Waals surface area contributed by atoms with E-state index in [9.17, 15) is 9.90 Å². The van der Waals surface area contributed by atoms with Gasteiger partial charge in [0.2, 0.25) is 5.91 Å². The van der Waals surface area contributed by atoms with E-state index in [-0.39, 0.29) is 11.8 Å². The maximum absolute atomic E-state index is 11.8. The minimum atomic E-state index is -0.842. The van der Waals surface area contributed by atoms with Gasteiger partial charge >= 0.3 is 0 Å². The van der Waals surface area contributed by atoms with Crippen LogP contribution in [0.15, 0.2) is 0 Å². The third kappa shape index (κ3) is 8.78. The third-order valence-corrected chi connectivity index (χ3v) is 3.64. The van der Waals surface area contributed by atoms with Crippen LogP contribution in [-0.4, -0.2) is 41.7 Å². The summed E-state index contributed by atoms with van der Waals surface area (Å²) in [7, 11) is 0. The van der Waals surface area contributed by atoms with Crippen molar-refractivity contribution < 1.29 is 9.90 Å². The maximum atomic E-state index is 11.8. The highest BCUT2D eigenvalue weighted by Gasteiger charge is 2.21. The van der Waals surface area contributed by atoms with Gasteiger partial charge in [0, 0.05) is 18.7 Å². The summed E-state index contributed by atoms with van der Waals surface area (Å²) in [5.74, 6) is 1.37. The van der Waals surface area contributed by atoms with Crippen LogP contribution in [0.25, 0.3) is 0 Å². The highest BCUT2D eigenvalue weighted by molar-refractivity contribution is 7.98. The van der Waals surface area contributed by atoms with E-state index in [1.165, 1.54) is 0 Å². The van der Waals surface area contributed by atoms with Crippen LogP contribution in [0.1, 0.15) is 33.6 Å². The van der Waals surface area contributed by atoms with Crippen LogP contribution in [0.4, 0.5) is 0 Å². The van der Waals surface area contributed by atoms with E-state index < -0.39 is 5.60 Å². The van der Waals surface area contributed by atoms with Gasteiger partial charge in [0.25, 0.3) is 0 Å². The van der Waals surface area contributed by atoms with Crippen molar-refractivity contribution in [2.45, 2.75) is 39.2 Å². The molecule has 0 saturated heterocycles. The molecular formula is C13H28N2O2S. The van der Waals surface area contributed by atoms with Crippen LogP contribution in [0.5, 0.6) is 0 Å². The Kier molecular flexibility index (Phi) is 8.65. The average molecular weight is 276 g/mol. The summed E-state index contributed by atoms with van der Waals surface area (Å²) in [4.78, 5) is 11.8. The Morgan fingerprint density at radius 2 is 2.11 bits per heavy atom. The Hall–Kier alpha value is -0.260. The number of hydrogen-bond donors (Lipinski definition) is 3. The van der Waals surface area contributed by atoms with Gasteiger partial charge in [-0.15, -0.1) is 0 Å². The molecule has 0 aromatic heterocycles. The van der Waals surface area contributed by atoms with Crippen molar-refractivity contribution in [2.75, 3.05) is 25.1 Å². The molecule has 0 aliphatic heterocycles. The van der Waals surface area contributed by atoms with E-state index in [0.717, 1.165) is 6.42 Å². The Bertz CT molecular complexity index is 245. The van der Waals surface area contributed by atoms with Gasteiger partial charge in [-0.25, -0.2) is 0 Å². The fourth-order valence-electron chi connectivity index (χ4n) is 1.91. The zero-order valence-electron chi connectivity index (χ0n) is 12.0. The van der Waals surface area contributed by atoms with Crippen LogP contribution >= 0.6 is 11.8 Å². The Morgan fingerprint density at radius 3 is 2.56 bits per heavy atom. The van der Waals surface area contributed by atoms with Crippen molar-refractivity contribution in [3.63, 3.8) is 0 Å². The highest BCUT2D eigenvalue weighted by atomic mass is 32.2. The van der Waals surface area contributed by atoms with Crippen LogP contribution in [-0.2, 0) is 4.79 Å². The van der Waals surface area contributed by atoms with Crippen molar-refractivity contribution >= 4 is 17.7 Å². The number of thioether (sulfide) groups is 1. The molecule has 5 heteroatoms. The third-order valence-electron chi connectivity index (χ3n) is 2.73. The first-order chi connectivity index (χ1) is 8.30. The first-order valence-corrected chi connectivity index (χ1v) is 7.88. The zero-order valence-corrected chi connectivity index (χ0v) is 12.8. The molecule has 0 saturated carbocycles. The molecule has 0 aliphatic carbocycles. The number of rotatable bonds is 9. The average Bonchev–Trinajstić information content (AvgIpc) is 2.25. The standard InChI is InChI=1S/C13H28N2O2S/c1-10(2)5-11(7-14)6-12(16)15-8-13(3,17)9-18-4/h10-11,17H,5-9,14H2,1-4H3,(H,15,16). The molecule has 1 amide bonds. The van der Waals surface area contributed by atoms with Crippen molar-refractivity contribution in [2.24, 2.45) is 17.6 Å². The molecule has 4 nitrogen and oxygen atoms in total. The van der Waals surface area contributed by atoms with Gasteiger partial charge in [-0.05, 0) is 38.0 Å². The van der Waals surface area contributed by atoms with Gasteiger partial charge in [0.05, 0.1) is 5.60 Å². The van der Waals surface area contributed by atoms with Gasteiger partial charge in [0.15, 0.2) is 0 Å². The summed E-state index contributed by atoms with van der Waals surface area (Å²) < 4.78 is 0. The van der Waals surface area contributed by atoms with E-state index in [0.29, 0.717) is 31.2 Å². The smallest absolute Gasteiger partial charge is 0.220 e. The topological polar surface area (TPSA) is 75.3 Å². The molecule has 0 bridgehead atoms. The molecule has 2 atom stereocenters. The molecule has 0 rings (SSSR count). The fourth-order valence-corrected chi connectivity index (χ4v) is 2.64. The van der Waals surface area contributed by atoms with Gasteiger partial charge in [-0.1, -0.05) is 13.8 Å². The lowest BCUT2D eigenvalue weighted by Crippen LogP contribution is -2.43. The van der Waals surface area contributed by atoms with Gasteiger partial charge in [-0.2, -0.15) is 11.8 Å². The van der Waals surface area contributed by atoms with Crippen LogP contribution < -0.4 is 11.1 Å². The second kappa shape index (κ2) is 8.77. The first-order valence-electron chi connectivity index (χ1n) is 6.48. The molecular weight excluding hydrogens is 248 g/mol. The number of hydrogen-bond acceptors (Lipinski definition) is 4. The number of carbonyl (C=O) groups excluding carboxylic acids is 1. The predicted octanol–water partition coefficient (Wildman–Crippen LogP) is 1.23. The van der Waals surface area contributed by atoms with Crippen molar-refractivity contribution in [3.8, 4) is 0 Å². The second-order valence-corrected chi connectivity index (χ2v) is 6.51. The lowest BCUT2D eigenvalue weighted by atomic mass is 9.94. The van der Waals surface area contributed by atoms with Crippen LogP contribution in [0.2, 0.25) is 0 Å². The summed E-state index contributed by atoms with van der Waals surface area (Å²) in [6.07, 6.45) is 3.35. The first kappa shape index (κ1) is 17.7. The summed E-state index contributed by atoms with van der Waals surface area (Å²) in [6.45, 7) is 6.82. The lowest BCUT2D eigenvalue weighted by Gasteiger charge is -2.23. The summed E-state index contributed by atoms with van der Waals surface area (Å²) in [5, 5.41) is 12.7. The molecule has 0 fully saturated rings. The summed E-state index contributed by atoms with van der Waals surface area (Å²) >= 11 is 1.57. The zero-order chi connectivity index (χ0) is 14.2. The minimum Gasteiger partial charge on any atom is -0.387 e. The van der Waals surface area contributed by atoms with Crippen LogP contribution in [0.3, 0.4) is 0 Å². The second-order valence-electron chi connectivity index (χ2n) is 5.64. The molecule has 0 aromatic rings. The largest absolute Gasteiger partial charge is 0.387 e. The van der Waals surface area contributed by atoms with Gasteiger partial charge in [0.1, 0.15) is 0 Å². The Balaban J connectivity index is 4.02. The van der Waals surface area contributed by atoms with E-state index >= 15 is 0 Å². The normalized spacial score (nSPS) is 16.4. The molecule has 0 spiro atoms. The molecule has 4 N–H and O–H groups in total. The predicted molar refractivity (Wildman–Crippen MR) is 78.6 cm³/mol. The quantitative estimate of drug-likeness (QED) is 0.592. The number of aliphatic hydroxyl groups is 1. The Morgan fingerprint density at radius 1 is 1.50 bits per heavy atom.